The highest BCUT2D eigenvalue weighted by Crippen LogP contribution is 2.20. The maximum Gasteiger partial charge on any atom is 0.125 e. The van der Waals surface area contributed by atoms with Crippen LogP contribution in [0.2, 0.25) is 0 Å². The van der Waals surface area contributed by atoms with E-state index in [-0.39, 0.29) is 0 Å². The molecule has 0 spiro atoms. The molecule has 2 aromatic carbocycles. The number of ether oxygens (including phenoxy) is 2. The average Bonchev–Trinajstić information content (AvgIpc) is 2.54. The van der Waals surface area contributed by atoms with Gasteiger partial charge in [-0.2, -0.15) is 0 Å². The lowest BCUT2D eigenvalue weighted by Gasteiger charge is -2.10. The average molecular weight is 285 g/mol. The molecule has 0 amide bonds. The Labute approximate surface area is 124 Å². The third-order valence-electron chi connectivity index (χ3n) is 3.14. The summed E-state index contributed by atoms with van der Waals surface area (Å²) in [4.78, 5) is 0. The number of oxime groups is 1. The van der Waals surface area contributed by atoms with Gasteiger partial charge in [0.1, 0.15) is 18.1 Å². The zero-order chi connectivity index (χ0) is 15.1. The zero-order valence-corrected chi connectivity index (χ0v) is 12.2. The third kappa shape index (κ3) is 4.24. The molecule has 0 atom stereocenters. The van der Waals surface area contributed by atoms with Gasteiger partial charge in [-0.1, -0.05) is 35.5 Å². The van der Waals surface area contributed by atoms with Gasteiger partial charge in [0, 0.05) is 12.0 Å². The number of hydrogen-bond acceptors (Lipinski definition) is 4. The summed E-state index contributed by atoms with van der Waals surface area (Å²) in [7, 11) is 1.65. The van der Waals surface area contributed by atoms with Gasteiger partial charge in [0.25, 0.3) is 0 Å². The van der Waals surface area contributed by atoms with Crippen LogP contribution in [-0.2, 0) is 13.0 Å². The molecule has 4 heteroatoms. The van der Waals surface area contributed by atoms with Gasteiger partial charge in [0.15, 0.2) is 0 Å². The summed E-state index contributed by atoms with van der Waals surface area (Å²) in [6, 6.07) is 15.5. The first-order valence-electron chi connectivity index (χ1n) is 6.74. The molecule has 0 aliphatic carbocycles. The molecule has 21 heavy (non-hydrogen) atoms. The molecule has 110 valence electrons. The van der Waals surface area contributed by atoms with Crippen molar-refractivity contribution in [2.75, 3.05) is 7.11 Å². The van der Waals surface area contributed by atoms with E-state index in [9.17, 15) is 0 Å². The van der Waals surface area contributed by atoms with Crippen LogP contribution in [0, 0.1) is 0 Å². The lowest BCUT2D eigenvalue weighted by atomic mass is 10.1. The standard InChI is InChI=1S/C17H19NO3/c1-13(18-19)11-14-7-9-16(10-8-14)21-12-15-5-3-4-6-17(15)20-2/h3-10,19H,11-12H2,1-2H3/b18-13+. The smallest absolute Gasteiger partial charge is 0.125 e. The summed E-state index contributed by atoms with van der Waals surface area (Å²) in [5.74, 6) is 1.62. The van der Waals surface area contributed by atoms with Crippen LogP contribution in [0.1, 0.15) is 18.1 Å². The van der Waals surface area contributed by atoms with Crippen LogP contribution in [0.5, 0.6) is 11.5 Å². The molecule has 0 fully saturated rings. The Morgan fingerprint density at radius 3 is 2.48 bits per heavy atom. The molecule has 0 saturated carbocycles. The summed E-state index contributed by atoms with van der Waals surface area (Å²) < 4.78 is 11.1. The molecule has 1 N–H and O–H groups in total. The summed E-state index contributed by atoms with van der Waals surface area (Å²) in [5, 5.41) is 11.8. The fourth-order valence-electron chi connectivity index (χ4n) is 2.02. The molecule has 0 radical (unpaired) electrons. The Morgan fingerprint density at radius 1 is 1.10 bits per heavy atom. The number of methoxy groups -OCH3 is 1. The van der Waals surface area contributed by atoms with Crippen LogP contribution in [0.25, 0.3) is 0 Å². The second kappa shape index (κ2) is 7.33. The minimum Gasteiger partial charge on any atom is -0.496 e. The molecule has 0 aliphatic heterocycles. The molecule has 0 bridgehead atoms. The fraction of sp³-hybridized carbons (Fsp3) is 0.235. The summed E-state index contributed by atoms with van der Waals surface area (Å²) in [6.07, 6.45) is 0.628. The van der Waals surface area contributed by atoms with Crippen molar-refractivity contribution in [1.82, 2.24) is 0 Å². The highest BCUT2D eigenvalue weighted by molar-refractivity contribution is 5.83. The largest absolute Gasteiger partial charge is 0.496 e. The van der Waals surface area contributed by atoms with E-state index in [1.54, 1.807) is 14.0 Å². The maximum atomic E-state index is 8.66. The monoisotopic (exact) mass is 285 g/mol. The number of rotatable bonds is 6. The first-order valence-corrected chi connectivity index (χ1v) is 6.74. The molecule has 0 unspecified atom stereocenters. The Morgan fingerprint density at radius 2 is 1.81 bits per heavy atom. The molecular weight excluding hydrogens is 266 g/mol. The van der Waals surface area contributed by atoms with E-state index in [1.807, 2.05) is 48.5 Å². The highest BCUT2D eigenvalue weighted by atomic mass is 16.5. The van der Waals surface area contributed by atoms with E-state index >= 15 is 0 Å². The third-order valence-corrected chi connectivity index (χ3v) is 3.14. The van der Waals surface area contributed by atoms with E-state index in [0.29, 0.717) is 18.7 Å². The predicted octanol–water partition coefficient (Wildman–Crippen LogP) is 3.67. The van der Waals surface area contributed by atoms with Crippen molar-refractivity contribution in [3.63, 3.8) is 0 Å². The normalized spacial score (nSPS) is 11.2. The van der Waals surface area contributed by atoms with E-state index in [2.05, 4.69) is 5.16 Å². The second-order valence-electron chi connectivity index (χ2n) is 4.76. The molecule has 0 aliphatic rings. The van der Waals surface area contributed by atoms with Gasteiger partial charge in [-0.15, -0.1) is 0 Å². The van der Waals surface area contributed by atoms with Crippen LogP contribution in [-0.4, -0.2) is 18.0 Å². The Bertz CT molecular complexity index is 606. The predicted molar refractivity (Wildman–Crippen MR) is 82.4 cm³/mol. The quantitative estimate of drug-likeness (QED) is 0.500. The molecule has 2 rings (SSSR count). The Hall–Kier alpha value is -2.49. The van der Waals surface area contributed by atoms with Gasteiger partial charge < -0.3 is 14.7 Å². The summed E-state index contributed by atoms with van der Waals surface area (Å²) in [5.41, 5.74) is 2.76. The van der Waals surface area contributed by atoms with E-state index in [4.69, 9.17) is 14.7 Å². The van der Waals surface area contributed by atoms with Gasteiger partial charge >= 0.3 is 0 Å². The molecule has 2 aromatic rings. The number of benzene rings is 2. The topological polar surface area (TPSA) is 51.0 Å². The summed E-state index contributed by atoms with van der Waals surface area (Å²) in [6.45, 7) is 2.24. The lowest BCUT2D eigenvalue weighted by Crippen LogP contribution is -2.00. The van der Waals surface area contributed by atoms with Gasteiger partial charge in [-0.3, -0.25) is 0 Å². The van der Waals surface area contributed by atoms with E-state index in [1.165, 1.54) is 0 Å². The maximum absolute atomic E-state index is 8.66. The Kier molecular flexibility index (Phi) is 5.21. The van der Waals surface area contributed by atoms with Crippen LogP contribution >= 0.6 is 0 Å². The van der Waals surface area contributed by atoms with Crippen molar-refractivity contribution < 1.29 is 14.7 Å². The van der Waals surface area contributed by atoms with Gasteiger partial charge in [-0.25, -0.2) is 0 Å². The first-order chi connectivity index (χ1) is 10.2. The molecule has 0 aromatic heterocycles. The lowest BCUT2D eigenvalue weighted by molar-refractivity contribution is 0.296. The van der Waals surface area contributed by atoms with E-state index in [0.717, 1.165) is 22.6 Å². The van der Waals surface area contributed by atoms with Gasteiger partial charge in [-0.05, 0) is 30.7 Å². The van der Waals surface area contributed by atoms with Crippen LogP contribution < -0.4 is 9.47 Å². The van der Waals surface area contributed by atoms with Gasteiger partial charge in [0.05, 0.1) is 12.8 Å². The Balaban J connectivity index is 1.97. The van der Waals surface area contributed by atoms with Crippen molar-refractivity contribution in [3.8, 4) is 11.5 Å². The SMILES string of the molecule is COc1ccccc1COc1ccc(C/C(C)=N/O)cc1. The van der Waals surface area contributed by atoms with E-state index < -0.39 is 0 Å². The molecule has 0 heterocycles. The van der Waals surface area contributed by atoms with Crippen LogP contribution in [0.3, 0.4) is 0 Å². The highest BCUT2D eigenvalue weighted by Gasteiger charge is 2.03. The summed E-state index contributed by atoms with van der Waals surface area (Å²) >= 11 is 0. The van der Waals surface area contributed by atoms with Crippen molar-refractivity contribution in [3.05, 3.63) is 59.7 Å². The number of hydrogen-bond donors (Lipinski definition) is 1. The zero-order valence-electron chi connectivity index (χ0n) is 12.2. The first kappa shape index (κ1) is 14.9. The molecular formula is C17H19NO3. The minimum absolute atomic E-state index is 0.459. The molecule has 4 nitrogen and oxygen atoms in total. The fourth-order valence-corrected chi connectivity index (χ4v) is 2.02. The van der Waals surface area contributed by atoms with Crippen molar-refractivity contribution in [2.45, 2.75) is 20.0 Å². The number of para-hydroxylation sites is 1. The van der Waals surface area contributed by atoms with Crippen LogP contribution in [0.15, 0.2) is 53.7 Å². The van der Waals surface area contributed by atoms with Crippen molar-refractivity contribution in [2.24, 2.45) is 5.16 Å². The number of nitrogens with zero attached hydrogens (tertiary/aromatic N) is 1. The second-order valence-corrected chi connectivity index (χ2v) is 4.76. The molecule has 0 saturated heterocycles. The van der Waals surface area contributed by atoms with Crippen molar-refractivity contribution >= 4 is 5.71 Å². The minimum atomic E-state index is 0.459. The van der Waals surface area contributed by atoms with Gasteiger partial charge in [0.2, 0.25) is 0 Å². The van der Waals surface area contributed by atoms with Crippen molar-refractivity contribution in [1.29, 1.82) is 0 Å². The van der Waals surface area contributed by atoms with Crippen LogP contribution in [0.4, 0.5) is 0 Å².